The third kappa shape index (κ3) is 15.8. The molecule has 6 heteroatoms. The Kier molecular flexibility index (Phi) is 18.6. The highest BCUT2D eigenvalue weighted by Crippen LogP contribution is 2.04. The van der Waals surface area contributed by atoms with Crippen LogP contribution in [0.5, 0.6) is 0 Å². The van der Waals surface area contributed by atoms with Crippen LogP contribution in [0.25, 0.3) is 0 Å². The second-order valence-corrected chi connectivity index (χ2v) is 5.65. The molecule has 0 aliphatic rings. The number of carbonyl (C=O) groups excluding carboxylic acids is 2. The van der Waals surface area contributed by atoms with Gasteiger partial charge in [-0.3, -0.25) is 9.59 Å². The molecular formula is C17H34ClNO4. The molecule has 0 unspecified atom stereocenters. The monoisotopic (exact) mass is 351 g/mol. The van der Waals surface area contributed by atoms with Gasteiger partial charge in [-0.05, 0) is 19.3 Å². The van der Waals surface area contributed by atoms with Crippen LogP contribution in [0.4, 0.5) is 0 Å². The Bertz CT molecular complexity index is 300. The van der Waals surface area contributed by atoms with Crippen molar-refractivity contribution >= 4 is 24.3 Å². The molecular weight excluding hydrogens is 318 g/mol. The standard InChI is InChI=1S/C17H33NO4.ClH/c1-3-5-7-9-13-21-16(19)12-11-15(18)17(20)22-14-10-8-6-4-2;/h15H,3-14,18H2,1-2H3;1H/t15-;/m0./s1. The van der Waals surface area contributed by atoms with E-state index in [4.69, 9.17) is 15.2 Å². The summed E-state index contributed by atoms with van der Waals surface area (Å²) in [5, 5.41) is 0. The van der Waals surface area contributed by atoms with Crippen LogP contribution in [0.3, 0.4) is 0 Å². The molecule has 0 heterocycles. The second kappa shape index (κ2) is 17.5. The van der Waals surface area contributed by atoms with Gasteiger partial charge in [-0.25, -0.2) is 0 Å². The maximum absolute atomic E-state index is 11.6. The van der Waals surface area contributed by atoms with E-state index in [1.807, 2.05) is 0 Å². The number of unbranched alkanes of at least 4 members (excludes halogenated alkanes) is 6. The zero-order valence-electron chi connectivity index (χ0n) is 14.7. The van der Waals surface area contributed by atoms with Gasteiger partial charge in [0.05, 0.1) is 13.2 Å². The Labute approximate surface area is 147 Å². The zero-order valence-corrected chi connectivity index (χ0v) is 15.5. The Morgan fingerprint density at radius 3 is 1.91 bits per heavy atom. The van der Waals surface area contributed by atoms with Crippen molar-refractivity contribution in [2.24, 2.45) is 5.73 Å². The number of hydrogen-bond acceptors (Lipinski definition) is 5. The lowest BCUT2D eigenvalue weighted by Gasteiger charge is -2.11. The van der Waals surface area contributed by atoms with Crippen molar-refractivity contribution in [1.82, 2.24) is 0 Å². The first-order valence-electron chi connectivity index (χ1n) is 8.69. The first-order valence-corrected chi connectivity index (χ1v) is 8.69. The second-order valence-electron chi connectivity index (χ2n) is 5.65. The number of carbonyl (C=O) groups is 2. The predicted octanol–water partition coefficient (Wildman–Crippen LogP) is 3.76. The highest BCUT2D eigenvalue weighted by Gasteiger charge is 2.16. The molecule has 138 valence electrons. The van der Waals surface area contributed by atoms with E-state index in [1.165, 1.54) is 0 Å². The molecule has 1 atom stereocenters. The maximum atomic E-state index is 11.6. The zero-order chi connectivity index (χ0) is 16.6. The normalized spacial score (nSPS) is 11.4. The summed E-state index contributed by atoms with van der Waals surface area (Å²) in [5.41, 5.74) is 5.72. The molecule has 0 fully saturated rings. The van der Waals surface area contributed by atoms with Gasteiger partial charge < -0.3 is 15.2 Å². The van der Waals surface area contributed by atoms with Gasteiger partial charge in [0.2, 0.25) is 0 Å². The van der Waals surface area contributed by atoms with Gasteiger partial charge in [0.25, 0.3) is 0 Å². The average Bonchev–Trinajstić information content (AvgIpc) is 2.52. The van der Waals surface area contributed by atoms with Crippen molar-refractivity contribution in [1.29, 1.82) is 0 Å². The first kappa shape index (κ1) is 24.4. The van der Waals surface area contributed by atoms with Crippen molar-refractivity contribution in [2.45, 2.75) is 84.1 Å². The van der Waals surface area contributed by atoms with E-state index >= 15 is 0 Å². The Morgan fingerprint density at radius 2 is 1.39 bits per heavy atom. The minimum Gasteiger partial charge on any atom is -0.466 e. The Hall–Kier alpha value is -0.810. The summed E-state index contributed by atoms with van der Waals surface area (Å²) in [6, 6.07) is -0.737. The van der Waals surface area contributed by atoms with Gasteiger partial charge in [-0.1, -0.05) is 52.4 Å². The summed E-state index contributed by atoms with van der Waals surface area (Å²) >= 11 is 0. The molecule has 0 saturated carbocycles. The molecule has 0 aromatic rings. The van der Waals surface area contributed by atoms with E-state index in [1.54, 1.807) is 0 Å². The SMILES string of the molecule is CCCCCCOC(=O)CC[C@H](N)C(=O)OCCCCCC.Cl. The number of hydrogen-bond donors (Lipinski definition) is 1. The number of nitrogens with two attached hydrogens (primary N) is 1. The van der Waals surface area contributed by atoms with Crippen LogP contribution in [0.1, 0.15) is 78.1 Å². The molecule has 0 radical (unpaired) electrons. The predicted molar refractivity (Wildman–Crippen MR) is 94.7 cm³/mol. The third-order valence-corrected chi connectivity index (χ3v) is 3.47. The number of esters is 2. The van der Waals surface area contributed by atoms with Crippen LogP contribution < -0.4 is 5.73 Å². The van der Waals surface area contributed by atoms with Crippen molar-refractivity contribution < 1.29 is 19.1 Å². The van der Waals surface area contributed by atoms with E-state index < -0.39 is 12.0 Å². The molecule has 2 N–H and O–H groups in total. The van der Waals surface area contributed by atoms with Gasteiger partial charge in [0, 0.05) is 6.42 Å². The van der Waals surface area contributed by atoms with Crippen LogP contribution in [-0.2, 0) is 19.1 Å². The van der Waals surface area contributed by atoms with E-state index in [2.05, 4.69) is 13.8 Å². The average molecular weight is 352 g/mol. The molecule has 0 spiro atoms. The summed E-state index contributed by atoms with van der Waals surface area (Å²) in [5.74, 6) is -0.713. The van der Waals surface area contributed by atoms with Crippen LogP contribution in [0, 0.1) is 0 Å². The number of ether oxygens (including phenoxy) is 2. The van der Waals surface area contributed by atoms with Crippen LogP contribution in [0.15, 0.2) is 0 Å². The molecule has 0 amide bonds. The lowest BCUT2D eigenvalue weighted by atomic mass is 10.1. The quantitative estimate of drug-likeness (QED) is 0.380. The Balaban J connectivity index is 0. The van der Waals surface area contributed by atoms with E-state index in [0.717, 1.165) is 51.4 Å². The number of halogens is 1. The molecule has 0 aromatic carbocycles. The van der Waals surface area contributed by atoms with Crippen LogP contribution in [-0.4, -0.2) is 31.2 Å². The molecule has 0 aliphatic heterocycles. The lowest BCUT2D eigenvalue weighted by Crippen LogP contribution is -2.33. The van der Waals surface area contributed by atoms with Crippen molar-refractivity contribution in [3.05, 3.63) is 0 Å². The van der Waals surface area contributed by atoms with Crippen LogP contribution in [0.2, 0.25) is 0 Å². The molecule has 5 nitrogen and oxygen atoms in total. The van der Waals surface area contributed by atoms with Gasteiger partial charge >= 0.3 is 11.9 Å². The molecule has 0 aliphatic carbocycles. The molecule has 0 saturated heterocycles. The van der Waals surface area contributed by atoms with Gasteiger partial charge in [0.1, 0.15) is 6.04 Å². The highest BCUT2D eigenvalue weighted by molar-refractivity contribution is 5.85. The van der Waals surface area contributed by atoms with Gasteiger partial charge in [0.15, 0.2) is 0 Å². The minimum absolute atomic E-state index is 0. The van der Waals surface area contributed by atoms with Crippen molar-refractivity contribution in [3.63, 3.8) is 0 Å². The summed E-state index contributed by atoms with van der Waals surface area (Å²) in [4.78, 5) is 23.1. The topological polar surface area (TPSA) is 78.6 Å². The Morgan fingerprint density at radius 1 is 0.870 bits per heavy atom. The molecule has 0 bridgehead atoms. The van der Waals surface area contributed by atoms with Crippen LogP contribution >= 0.6 is 12.4 Å². The maximum Gasteiger partial charge on any atom is 0.322 e. The summed E-state index contributed by atoms with van der Waals surface area (Å²) in [7, 11) is 0. The molecule has 0 aromatic heterocycles. The fraction of sp³-hybridized carbons (Fsp3) is 0.882. The highest BCUT2D eigenvalue weighted by atomic mass is 35.5. The van der Waals surface area contributed by atoms with E-state index in [9.17, 15) is 9.59 Å². The summed E-state index contributed by atoms with van der Waals surface area (Å²) in [6.45, 7) is 5.13. The number of rotatable bonds is 14. The minimum atomic E-state index is -0.737. The fourth-order valence-electron chi connectivity index (χ4n) is 1.99. The van der Waals surface area contributed by atoms with E-state index in [-0.39, 0.29) is 31.2 Å². The summed E-state index contributed by atoms with van der Waals surface area (Å²) in [6.07, 6.45) is 8.95. The largest absolute Gasteiger partial charge is 0.466 e. The smallest absolute Gasteiger partial charge is 0.322 e. The first-order chi connectivity index (χ1) is 10.6. The van der Waals surface area contributed by atoms with Crippen molar-refractivity contribution in [2.75, 3.05) is 13.2 Å². The summed E-state index contributed by atoms with van der Waals surface area (Å²) < 4.78 is 10.2. The molecule has 0 rings (SSSR count). The molecule has 23 heavy (non-hydrogen) atoms. The lowest BCUT2D eigenvalue weighted by molar-refractivity contribution is -0.146. The third-order valence-electron chi connectivity index (χ3n) is 3.47. The van der Waals surface area contributed by atoms with Crippen molar-refractivity contribution in [3.8, 4) is 0 Å². The van der Waals surface area contributed by atoms with Gasteiger partial charge in [-0.2, -0.15) is 0 Å². The van der Waals surface area contributed by atoms with E-state index in [0.29, 0.717) is 13.2 Å². The fourth-order valence-corrected chi connectivity index (χ4v) is 1.99. The van der Waals surface area contributed by atoms with Gasteiger partial charge in [-0.15, -0.1) is 12.4 Å².